The first-order valence-corrected chi connectivity index (χ1v) is 3.77. The minimum Gasteiger partial charge on any atom is -0.253 e. The highest BCUT2D eigenvalue weighted by atomic mass is 32.1. The van der Waals surface area contributed by atoms with Crippen LogP contribution >= 0.6 is 11.3 Å². The lowest BCUT2D eigenvalue weighted by molar-refractivity contribution is 0.189. The molecule has 1 aromatic heterocycles. The lowest BCUT2D eigenvalue weighted by Gasteiger charge is -1.87. The fourth-order valence-electron chi connectivity index (χ4n) is 0.612. The summed E-state index contributed by atoms with van der Waals surface area (Å²) in [7, 11) is 0. The van der Waals surface area contributed by atoms with Gasteiger partial charge in [-0.3, -0.25) is 4.98 Å². The zero-order chi connectivity index (χ0) is 6.53. The van der Waals surface area contributed by atoms with Gasteiger partial charge >= 0.3 is 0 Å². The first-order chi connectivity index (χ1) is 4.43. The van der Waals surface area contributed by atoms with E-state index in [1.165, 1.54) is 4.88 Å². The van der Waals surface area contributed by atoms with Crippen LogP contribution in [0.2, 0.25) is 0 Å². The molecular formula is C6H8NOS. The van der Waals surface area contributed by atoms with E-state index in [1.807, 2.05) is 6.20 Å². The minimum atomic E-state index is 0.0257. The number of hydrogen-bond acceptors (Lipinski definition) is 2. The lowest BCUT2D eigenvalue weighted by Crippen LogP contribution is -1.83. The van der Waals surface area contributed by atoms with Gasteiger partial charge in [-0.25, -0.2) is 5.11 Å². The van der Waals surface area contributed by atoms with Crippen molar-refractivity contribution in [3.8, 4) is 0 Å². The van der Waals surface area contributed by atoms with Crippen LogP contribution in [0.1, 0.15) is 11.3 Å². The van der Waals surface area contributed by atoms with E-state index in [1.54, 1.807) is 16.8 Å². The van der Waals surface area contributed by atoms with Crippen molar-refractivity contribution in [3.63, 3.8) is 0 Å². The fraction of sp³-hybridized carbons (Fsp3) is 0.500. The van der Waals surface area contributed by atoms with Crippen molar-refractivity contribution in [2.75, 3.05) is 6.61 Å². The summed E-state index contributed by atoms with van der Waals surface area (Å²) < 4.78 is 0. The molecule has 49 valence electrons. The molecule has 0 aliphatic carbocycles. The smallest absolute Gasteiger partial charge is 0.0825 e. The molecule has 1 radical (unpaired) electrons. The first kappa shape index (κ1) is 6.71. The van der Waals surface area contributed by atoms with Crippen molar-refractivity contribution < 1.29 is 5.11 Å². The summed E-state index contributed by atoms with van der Waals surface area (Å²) in [6, 6.07) is 0. The number of rotatable bonds is 3. The Morgan fingerprint density at radius 3 is 3.11 bits per heavy atom. The van der Waals surface area contributed by atoms with Crippen molar-refractivity contribution in [1.29, 1.82) is 0 Å². The Balaban J connectivity index is 2.30. The molecule has 0 atom stereocenters. The summed E-state index contributed by atoms with van der Waals surface area (Å²) in [5.41, 5.74) is 1.79. The van der Waals surface area contributed by atoms with Gasteiger partial charge in [0.05, 0.1) is 12.1 Å². The van der Waals surface area contributed by atoms with Crippen molar-refractivity contribution >= 4 is 11.3 Å². The number of aryl methyl sites for hydroxylation is 1. The maximum absolute atomic E-state index is 10.0. The molecule has 9 heavy (non-hydrogen) atoms. The Morgan fingerprint density at radius 1 is 1.67 bits per heavy atom. The molecule has 2 nitrogen and oxygen atoms in total. The largest absolute Gasteiger partial charge is 0.253 e. The third-order valence-corrected chi connectivity index (χ3v) is 1.89. The topological polar surface area (TPSA) is 32.8 Å². The molecule has 1 aromatic rings. The second-order valence-corrected chi connectivity index (χ2v) is 2.75. The quantitative estimate of drug-likeness (QED) is 0.629. The van der Waals surface area contributed by atoms with Crippen molar-refractivity contribution in [3.05, 3.63) is 16.6 Å². The van der Waals surface area contributed by atoms with Crippen molar-refractivity contribution in [2.24, 2.45) is 0 Å². The Morgan fingerprint density at radius 2 is 2.56 bits per heavy atom. The van der Waals surface area contributed by atoms with E-state index in [9.17, 15) is 5.11 Å². The molecule has 0 amide bonds. The van der Waals surface area contributed by atoms with Gasteiger partial charge in [-0.2, -0.15) is 0 Å². The van der Waals surface area contributed by atoms with Gasteiger partial charge in [-0.1, -0.05) is 0 Å². The Bertz CT molecular complexity index is 150. The Kier molecular flexibility index (Phi) is 2.67. The van der Waals surface area contributed by atoms with Crippen LogP contribution < -0.4 is 0 Å². The van der Waals surface area contributed by atoms with E-state index in [4.69, 9.17) is 0 Å². The van der Waals surface area contributed by atoms with E-state index in [0.717, 1.165) is 12.8 Å². The van der Waals surface area contributed by atoms with Crippen LogP contribution in [0.3, 0.4) is 0 Å². The molecule has 0 aliphatic rings. The predicted molar refractivity (Wildman–Crippen MR) is 36.0 cm³/mol. The van der Waals surface area contributed by atoms with Crippen LogP contribution in [0.15, 0.2) is 11.7 Å². The van der Waals surface area contributed by atoms with E-state index in [2.05, 4.69) is 4.98 Å². The monoisotopic (exact) mass is 142 g/mol. The van der Waals surface area contributed by atoms with Crippen LogP contribution in [-0.4, -0.2) is 11.6 Å². The number of hydrogen-bond donors (Lipinski definition) is 0. The zero-order valence-corrected chi connectivity index (χ0v) is 5.86. The van der Waals surface area contributed by atoms with Gasteiger partial charge in [0.25, 0.3) is 0 Å². The standard InChI is InChI=1S/C6H8NOS/c8-3-1-2-6-4-7-5-9-6/h4-5H,1-3H2. The van der Waals surface area contributed by atoms with Crippen LogP contribution in [0, 0.1) is 0 Å². The molecule has 3 heteroatoms. The summed E-state index contributed by atoms with van der Waals surface area (Å²) in [5.74, 6) is 0. The van der Waals surface area contributed by atoms with E-state index >= 15 is 0 Å². The fourth-order valence-corrected chi connectivity index (χ4v) is 1.25. The molecule has 0 aromatic carbocycles. The summed E-state index contributed by atoms with van der Waals surface area (Å²) in [6.45, 7) is 0.0257. The third-order valence-electron chi connectivity index (χ3n) is 1.05. The normalized spacial score (nSPS) is 9.89. The molecule has 1 rings (SSSR count). The van der Waals surface area contributed by atoms with Gasteiger partial charge < -0.3 is 0 Å². The van der Waals surface area contributed by atoms with Gasteiger partial charge in [-0.05, 0) is 12.8 Å². The summed E-state index contributed by atoms with van der Waals surface area (Å²) in [6.07, 6.45) is 3.46. The molecule has 0 spiro atoms. The molecule has 0 saturated carbocycles. The first-order valence-electron chi connectivity index (χ1n) is 2.89. The Labute approximate surface area is 58.2 Å². The van der Waals surface area contributed by atoms with Gasteiger partial charge in [0, 0.05) is 11.1 Å². The zero-order valence-electron chi connectivity index (χ0n) is 5.04. The molecular weight excluding hydrogens is 134 g/mol. The van der Waals surface area contributed by atoms with Gasteiger partial charge in [-0.15, -0.1) is 11.3 Å². The molecule has 0 bridgehead atoms. The number of aromatic nitrogens is 1. The lowest BCUT2D eigenvalue weighted by atomic mass is 10.3. The van der Waals surface area contributed by atoms with Crippen LogP contribution in [0.25, 0.3) is 0 Å². The molecule has 0 N–H and O–H groups in total. The average Bonchev–Trinajstić information content (AvgIpc) is 2.34. The van der Waals surface area contributed by atoms with E-state index < -0.39 is 0 Å². The second-order valence-electron chi connectivity index (χ2n) is 1.78. The minimum absolute atomic E-state index is 0.0257. The SMILES string of the molecule is [O]CCCc1cncs1. The van der Waals surface area contributed by atoms with Gasteiger partial charge in [0.1, 0.15) is 0 Å². The van der Waals surface area contributed by atoms with Crippen LogP contribution in [-0.2, 0) is 11.5 Å². The van der Waals surface area contributed by atoms with Crippen LogP contribution in [0.4, 0.5) is 0 Å². The second kappa shape index (κ2) is 3.58. The van der Waals surface area contributed by atoms with E-state index in [0.29, 0.717) is 0 Å². The Hall–Kier alpha value is -0.410. The number of nitrogens with zero attached hydrogens (tertiary/aromatic N) is 1. The third kappa shape index (κ3) is 2.11. The van der Waals surface area contributed by atoms with Crippen molar-refractivity contribution in [2.45, 2.75) is 12.8 Å². The summed E-state index contributed by atoms with van der Waals surface area (Å²) in [4.78, 5) is 5.11. The number of thiazole rings is 1. The molecule has 1 heterocycles. The van der Waals surface area contributed by atoms with E-state index in [-0.39, 0.29) is 6.61 Å². The highest BCUT2D eigenvalue weighted by Gasteiger charge is 1.91. The molecule has 0 unspecified atom stereocenters. The highest BCUT2D eigenvalue weighted by Crippen LogP contribution is 2.07. The maximum Gasteiger partial charge on any atom is 0.0825 e. The van der Waals surface area contributed by atoms with Gasteiger partial charge in [0.15, 0.2) is 0 Å². The summed E-state index contributed by atoms with van der Waals surface area (Å²) >= 11 is 1.61. The summed E-state index contributed by atoms with van der Waals surface area (Å²) in [5, 5.41) is 10.0. The van der Waals surface area contributed by atoms with Gasteiger partial charge in [0.2, 0.25) is 0 Å². The molecule has 0 saturated heterocycles. The highest BCUT2D eigenvalue weighted by molar-refractivity contribution is 7.09. The predicted octanol–water partition coefficient (Wildman–Crippen LogP) is 1.51. The maximum atomic E-state index is 10.0. The van der Waals surface area contributed by atoms with Crippen molar-refractivity contribution in [1.82, 2.24) is 4.98 Å². The molecule has 0 fully saturated rings. The average molecular weight is 142 g/mol. The van der Waals surface area contributed by atoms with Crippen LogP contribution in [0.5, 0.6) is 0 Å². The molecule has 0 aliphatic heterocycles.